The summed E-state index contributed by atoms with van der Waals surface area (Å²) in [6.45, 7) is 26.0. The lowest BCUT2D eigenvalue weighted by atomic mass is 9.43. The van der Waals surface area contributed by atoms with Gasteiger partial charge in [0.1, 0.15) is 0 Å². The van der Waals surface area contributed by atoms with Crippen LogP contribution in [0, 0.1) is 13.8 Å². The molecule has 0 saturated heterocycles. The zero-order chi connectivity index (χ0) is 48.4. The Morgan fingerprint density at radius 1 is 0.500 bits per heavy atom. The standard InChI is InChI=1S/C65H61BN2O2/c1-38-31-45-59-51(28-26-43-42-21-15-16-22-46(42)65(10,11)60(43)59)68(50-27-25-41(62(3,4)5)34-44(50)40-19-13-12-14-20-40)66-49-36-57-58(70-56-24-18-17-23-55(56)69-57)37-53(49)67(54(32-38)61(45)66)52-35-48-47(33-39(52)2)63(6,7)29-30-64(48,8)9/h12-28,31-37H,29-30H2,1-11H3. The van der Waals surface area contributed by atoms with Crippen LogP contribution in [0.1, 0.15) is 114 Å². The Bertz CT molecular complexity index is 3560. The Labute approximate surface area is 415 Å². The molecule has 5 heteroatoms. The molecule has 0 saturated carbocycles. The maximum atomic E-state index is 6.90. The first-order valence-electron chi connectivity index (χ1n) is 25.4. The molecule has 0 radical (unpaired) electrons. The van der Waals surface area contributed by atoms with Crippen molar-refractivity contribution in [2.45, 2.75) is 111 Å². The van der Waals surface area contributed by atoms with E-state index in [1.165, 1.54) is 106 Å². The van der Waals surface area contributed by atoms with Gasteiger partial charge in [0.05, 0.1) is 0 Å². The van der Waals surface area contributed by atoms with Crippen molar-refractivity contribution in [1.29, 1.82) is 0 Å². The summed E-state index contributed by atoms with van der Waals surface area (Å²) in [5.41, 5.74) is 25.3. The van der Waals surface area contributed by atoms with Crippen molar-refractivity contribution >= 4 is 46.2 Å². The SMILES string of the molecule is Cc1cc2c3c(c1)N(c1cc4c(cc1C)C(C)(C)CCC4(C)C)c1cc4c(cc1B3N(c1ccc(C(C)(C)C)cc1-c1ccccc1)c1ccc3c(c1-2)C(C)(C)c1ccccc1-3)Oc1ccccc1O4. The largest absolute Gasteiger partial charge is 0.450 e. The fourth-order valence-electron chi connectivity index (χ4n) is 13.0. The molecular formula is C65H61BN2O2. The highest BCUT2D eigenvalue weighted by Gasteiger charge is 2.50. The number of fused-ring (bicyclic) bond motifs is 11. The molecular weight excluding hydrogens is 852 g/mol. The van der Waals surface area contributed by atoms with Gasteiger partial charge in [-0.3, -0.25) is 0 Å². The number of hydrogen-bond acceptors (Lipinski definition) is 4. The van der Waals surface area contributed by atoms with Crippen LogP contribution >= 0.6 is 0 Å². The predicted octanol–water partition coefficient (Wildman–Crippen LogP) is 16.5. The highest BCUT2D eigenvalue weighted by atomic mass is 16.6. The van der Waals surface area contributed by atoms with Gasteiger partial charge in [0, 0.05) is 51.0 Å². The molecule has 0 bridgehead atoms. The molecule has 346 valence electrons. The monoisotopic (exact) mass is 912 g/mol. The van der Waals surface area contributed by atoms with Crippen molar-refractivity contribution in [3.05, 3.63) is 185 Å². The average molecular weight is 913 g/mol. The minimum atomic E-state index is -0.262. The summed E-state index contributed by atoms with van der Waals surface area (Å²) in [6, 6.07) is 54.9. The molecule has 4 nitrogen and oxygen atoms in total. The number of para-hydroxylation sites is 2. The van der Waals surface area contributed by atoms with Crippen LogP contribution in [0.3, 0.4) is 0 Å². The molecule has 0 aromatic heterocycles. The summed E-state index contributed by atoms with van der Waals surface area (Å²) in [5.74, 6) is 2.89. The fraction of sp³-hybridized carbons (Fsp3) is 0.262. The van der Waals surface area contributed by atoms with Crippen molar-refractivity contribution in [2.75, 3.05) is 9.71 Å². The van der Waals surface area contributed by atoms with Crippen molar-refractivity contribution in [2.24, 2.45) is 0 Å². The van der Waals surface area contributed by atoms with Gasteiger partial charge in [-0.15, -0.1) is 0 Å². The Balaban J connectivity index is 1.18. The molecule has 0 atom stereocenters. The summed E-state index contributed by atoms with van der Waals surface area (Å²) < 4.78 is 13.8. The van der Waals surface area contributed by atoms with E-state index in [1.54, 1.807) is 0 Å². The van der Waals surface area contributed by atoms with Crippen LogP contribution in [0.4, 0.5) is 28.4 Å². The number of hydrogen-bond donors (Lipinski definition) is 0. The van der Waals surface area contributed by atoms with E-state index >= 15 is 0 Å². The van der Waals surface area contributed by atoms with E-state index in [0.717, 1.165) is 41.5 Å². The third-order valence-corrected chi connectivity index (χ3v) is 16.8. The molecule has 0 N–H and O–H groups in total. The molecule has 13 rings (SSSR count). The molecule has 3 heterocycles. The van der Waals surface area contributed by atoms with Gasteiger partial charge in [-0.25, -0.2) is 0 Å². The van der Waals surface area contributed by atoms with E-state index in [0.29, 0.717) is 0 Å². The Morgan fingerprint density at radius 3 is 1.86 bits per heavy atom. The van der Waals surface area contributed by atoms with Gasteiger partial charge >= 0.3 is 6.85 Å². The Hall–Kier alpha value is -6.98. The van der Waals surface area contributed by atoms with Crippen molar-refractivity contribution < 1.29 is 9.47 Å². The number of rotatable bonds is 3. The highest BCUT2D eigenvalue weighted by molar-refractivity contribution is 6.93. The second-order valence-electron chi connectivity index (χ2n) is 23.7. The summed E-state index contributed by atoms with van der Waals surface area (Å²) in [4.78, 5) is 5.30. The molecule has 8 aromatic carbocycles. The number of aryl methyl sites for hydroxylation is 2. The van der Waals surface area contributed by atoms with Gasteiger partial charge in [0.25, 0.3) is 0 Å². The first-order chi connectivity index (χ1) is 33.4. The van der Waals surface area contributed by atoms with E-state index in [9.17, 15) is 0 Å². The normalized spacial score (nSPS) is 16.9. The van der Waals surface area contributed by atoms with Gasteiger partial charge in [0.2, 0.25) is 0 Å². The van der Waals surface area contributed by atoms with Gasteiger partial charge < -0.3 is 19.2 Å². The van der Waals surface area contributed by atoms with E-state index < -0.39 is 0 Å². The van der Waals surface area contributed by atoms with E-state index in [-0.39, 0.29) is 28.5 Å². The minimum Gasteiger partial charge on any atom is -0.450 e. The lowest BCUT2D eigenvalue weighted by Crippen LogP contribution is -2.62. The lowest BCUT2D eigenvalue weighted by Gasteiger charge is -2.48. The van der Waals surface area contributed by atoms with Crippen LogP contribution in [0.15, 0.2) is 146 Å². The second kappa shape index (κ2) is 14.5. The smallest absolute Gasteiger partial charge is 0.333 e. The van der Waals surface area contributed by atoms with Gasteiger partial charge in [-0.1, -0.05) is 153 Å². The van der Waals surface area contributed by atoms with Crippen LogP contribution < -0.4 is 30.1 Å². The number of nitrogens with zero attached hydrogens (tertiary/aromatic N) is 2. The molecule has 3 aliphatic heterocycles. The minimum absolute atomic E-state index is 0.0148. The van der Waals surface area contributed by atoms with E-state index in [2.05, 4.69) is 207 Å². The second-order valence-corrected chi connectivity index (χ2v) is 23.7. The van der Waals surface area contributed by atoms with Crippen LogP contribution in [0.2, 0.25) is 0 Å². The van der Waals surface area contributed by atoms with Crippen LogP contribution in [-0.2, 0) is 21.7 Å². The van der Waals surface area contributed by atoms with Crippen molar-refractivity contribution in [3.63, 3.8) is 0 Å². The maximum absolute atomic E-state index is 6.90. The molecule has 5 aliphatic rings. The van der Waals surface area contributed by atoms with Crippen molar-refractivity contribution in [3.8, 4) is 56.4 Å². The van der Waals surface area contributed by atoms with Crippen LogP contribution in [-0.4, -0.2) is 6.85 Å². The summed E-state index contributed by atoms with van der Waals surface area (Å²) in [6.07, 6.45) is 2.30. The molecule has 0 amide bonds. The fourth-order valence-corrected chi connectivity index (χ4v) is 13.0. The van der Waals surface area contributed by atoms with Gasteiger partial charge in [0.15, 0.2) is 23.0 Å². The zero-order valence-corrected chi connectivity index (χ0v) is 42.6. The highest BCUT2D eigenvalue weighted by Crippen LogP contribution is 2.59. The maximum Gasteiger partial charge on any atom is 0.333 e. The van der Waals surface area contributed by atoms with Crippen LogP contribution in [0.25, 0.3) is 33.4 Å². The molecule has 2 aliphatic carbocycles. The van der Waals surface area contributed by atoms with E-state index in [1.807, 2.05) is 24.3 Å². The number of anilines is 5. The average Bonchev–Trinajstić information content (AvgIpc) is 3.57. The van der Waals surface area contributed by atoms with Gasteiger partial charge in [-0.2, -0.15) is 0 Å². The quantitative estimate of drug-likeness (QED) is 0.165. The molecule has 70 heavy (non-hydrogen) atoms. The summed E-state index contributed by atoms with van der Waals surface area (Å²) in [5, 5.41) is 0. The Kier molecular flexibility index (Phi) is 8.95. The third-order valence-electron chi connectivity index (χ3n) is 16.8. The summed E-state index contributed by atoms with van der Waals surface area (Å²) in [7, 11) is 0. The first-order valence-corrected chi connectivity index (χ1v) is 25.4. The molecule has 8 aromatic rings. The first kappa shape index (κ1) is 43.1. The number of benzene rings is 8. The van der Waals surface area contributed by atoms with Gasteiger partial charge in [-0.05, 0) is 164 Å². The van der Waals surface area contributed by atoms with E-state index in [4.69, 9.17) is 9.47 Å². The van der Waals surface area contributed by atoms with Crippen LogP contribution in [0.5, 0.6) is 23.0 Å². The number of ether oxygens (including phenoxy) is 2. The van der Waals surface area contributed by atoms with Crippen molar-refractivity contribution in [1.82, 2.24) is 0 Å². The Morgan fingerprint density at radius 2 is 1.14 bits per heavy atom. The molecule has 0 unspecified atom stereocenters. The summed E-state index contributed by atoms with van der Waals surface area (Å²) >= 11 is 0. The predicted molar refractivity (Wildman–Crippen MR) is 293 cm³/mol. The molecule has 0 spiro atoms. The lowest BCUT2D eigenvalue weighted by molar-refractivity contribution is 0.332. The zero-order valence-electron chi connectivity index (χ0n) is 42.6. The topological polar surface area (TPSA) is 24.9 Å². The molecule has 0 fully saturated rings. The third kappa shape index (κ3) is 6.09.